The van der Waals surface area contributed by atoms with Crippen LogP contribution < -0.4 is 0 Å². The summed E-state index contributed by atoms with van der Waals surface area (Å²) in [5.41, 5.74) is 0. The monoisotopic (exact) mass is 236 g/mol. The molecule has 0 aliphatic rings. The van der Waals surface area contributed by atoms with Crippen LogP contribution in [0.5, 0.6) is 0 Å². The molecule has 0 aromatic rings. The Morgan fingerprint density at radius 1 is 1.00 bits per heavy atom. The lowest BCUT2D eigenvalue weighted by atomic mass is 10.1. The summed E-state index contributed by atoms with van der Waals surface area (Å²) in [5, 5.41) is 9.54. The summed E-state index contributed by atoms with van der Waals surface area (Å²) in [6.07, 6.45) is 14.1. The van der Waals surface area contributed by atoms with Gasteiger partial charge in [0.05, 0.1) is 0 Å². The largest absolute Gasteiger partial charge is 0.380 e. The van der Waals surface area contributed by atoms with E-state index in [-0.39, 0.29) is 0 Å². The zero-order valence-electron chi connectivity index (χ0n) is 11.5. The smallest absolute Gasteiger partial charge is 0.115 e. The maximum absolute atomic E-state index is 9.54. The van der Waals surface area contributed by atoms with Crippen LogP contribution in [0.1, 0.15) is 71.6 Å². The fraction of sp³-hybridized carbons (Fsp3) is 0.750. The minimum atomic E-state index is -0.439. The number of aliphatic hydroxyl groups excluding tert-OH is 1. The number of aliphatic hydroxyl groups is 1. The summed E-state index contributed by atoms with van der Waals surface area (Å²) in [4.78, 5) is 0. The molecule has 0 spiro atoms. The van der Waals surface area contributed by atoms with Gasteiger partial charge in [-0.3, -0.25) is 0 Å². The minimum absolute atomic E-state index is 0.439. The van der Waals surface area contributed by atoms with Crippen LogP contribution in [0.4, 0.5) is 0 Å². The van der Waals surface area contributed by atoms with E-state index < -0.39 is 6.10 Å². The molecular formula is C16H28O. The molecule has 0 bridgehead atoms. The Balaban J connectivity index is 3.47. The molecule has 1 heteroatoms. The van der Waals surface area contributed by atoms with E-state index in [2.05, 4.69) is 31.8 Å². The maximum Gasteiger partial charge on any atom is 0.115 e. The first-order valence-corrected chi connectivity index (χ1v) is 7.15. The molecule has 0 heterocycles. The van der Waals surface area contributed by atoms with Crippen molar-refractivity contribution in [2.75, 3.05) is 0 Å². The van der Waals surface area contributed by atoms with Crippen LogP contribution in [0.15, 0.2) is 12.2 Å². The topological polar surface area (TPSA) is 20.2 Å². The van der Waals surface area contributed by atoms with Crippen molar-refractivity contribution in [1.82, 2.24) is 0 Å². The molecule has 1 atom stereocenters. The van der Waals surface area contributed by atoms with Gasteiger partial charge in [-0.25, -0.2) is 0 Å². The third kappa shape index (κ3) is 13.2. The molecule has 17 heavy (non-hydrogen) atoms. The number of hydrogen-bond acceptors (Lipinski definition) is 1. The third-order valence-electron chi connectivity index (χ3n) is 2.76. The first-order chi connectivity index (χ1) is 8.31. The van der Waals surface area contributed by atoms with Crippen molar-refractivity contribution < 1.29 is 5.11 Å². The second kappa shape index (κ2) is 13.3. The van der Waals surface area contributed by atoms with E-state index >= 15 is 0 Å². The summed E-state index contributed by atoms with van der Waals surface area (Å²) < 4.78 is 0. The van der Waals surface area contributed by atoms with Crippen molar-refractivity contribution >= 4 is 0 Å². The van der Waals surface area contributed by atoms with E-state index in [1.165, 1.54) is 38.5 Å². The van der Waals surface area contributed by atoms with Gasteiger partial charge in [0.15, 0.2) is 0 Å². The maximum atomic E-state index is 9.54. The highest BCUT2D eigenvalue weighted by molar-refractivity contribution is 5.17. The van der Waals surface area contributed by atoms with Crippen molar-refractivity contribution in [2.24, 2.45) is 0 Å². The number of unbranched alkanes of at least 4 members (excludes halogenated alkanes) is 6. The molecule has 0 radical (unpaired) electrons. The van der Waals surface area contributed by atoms with Crippen LogP contribution >= 0.6 is 0 Å². The van der Waals surface area contributed by atoms with E-state index in [9.17, 15) is 5.11 Å². The molecule has 1 N–H and O–H groups in total. The molecule has 0 aliphatic carbocycles. The molecule has 0 amide bonds. The van der Waals surface area contributed by atoms with E-state index in [0.717, 1.165) is 19.3 Å². The number of hydrogen-bond donors (Lipinski definition) is 1. The van der Waals surface area contributed by atoms with Crippen molar-refractivity contribution in [3.05, 3.63) is 12.2 Å². The van der Waals surface area contributed by atoms with Gasteiger partial charge in [-0.1, -0.05) is 63.9 Å². The van der Waals surface area contributed by atoms with Crippen LogP contribution in [-0.4, -0.2) is 11.2 Å². The molecule has 0 saturated carbocycles. The molecule has 0 aliphatic heterocycles. The summed E-state index contributed by atoms with van der Waals surface area (Å²) in [5.74, 6) is 5.78. The highest BCUT2D eigenvalue weighted by Crippen LogP contribution is 2.03. The zero-order valence-corrected chi connectivity index (χ0v) is 11.5. The molecule has 0 rings (SSSR count). The lowest BCUT2D eigenvalue weighted by Crippen LogP contribution is -2.01. The van der Waals surface area contributed by atoms with Crippen LogP contribution in [0.3, 0.4) is 0 Å². The Hall–Kier alpha value is -0.740. The predicted molar refractivity (Wildman–Crippen MR) is 75.8 cm³/mol. The van der Waals surface area contributed by atoms with Crippen molar-refractivity contribution in [1.29, 1.82) is 0 Å². The standard InChI is InChI=1S/C16H28O/c1-3-5-7-8-9-10-11-13-15-16(17)14-12-6-4-2/h10-11,16-17H,3-9,12,14H2,1-2H3/b11-10-. The van der Waals surface area contributed by atoms with Gasteiger partial charge in [-0.05, 0) is 31.8 Å². The summed E-state index contributed by atoms with van der Waals surface area (Å²) in [6, 6.07) is 0. The van der Waals surface area contributed by atoms with Crippen molar-refractivity contribution in [3.8, 4) is 11.8 Å². The SMILES string of the molecule is CCCCCC/C=C\C#CC(O)CCCCC. The van der Waals surface area contributed by atoms with E-state index in [0.29, 0.717) is 0 Å². The quantitative estimate of drug-likeness (QED) is 0.463. The van der Waals surface area contributed by atoms with Crippen LogP contribution in [-0.2, 0) is 0 Å². The van der Waals surface area contributed by atoms with Crippen LogP contribution in [0.25, 0.3) is 0 Å². The van der Waals surface area contributed by atoms with Gasteiger partial charge in [0.25, 0.3) is 0 Å². The molecule has 0 aromatic carbocycles. The average Bonchev–Trinajstić information content (AvgIpc) is 2.33. The van der Waals surface area contributed by atoms with Gasteiger partial charge in [-0.15, -0.1) is 0 Å². The van der Waals surface area contributed by atoms with Crippen molar-refractivity contribution in [2.45, 2.75) is 77.7 Å². The summed E-state index contributed by atoms with van der Waals surface area (Å²) >= 11 is 0. The molecule has 98 valence electrons. The van der Waals surface area contributed by atoms with Crippen LogP contribution in [0.2, 0.25) is 0 Å². The van der Waals surface area contributed by atoms with E-state index in [1.807, 2.05) is 6.08 Å². The Kier molecular flexibility index (Phi) is 12.7. The summed E-state index contributed by atoms with van der Waals surface area (Å²) in [7, 11) is 0. The molecule has 0 aromatic heterocycles. The summed E-state index contributed by atoms with van der Waals surface area (Å²) in [6.45, 7) is 4.39. The Morgan fingerprint density at radius 2 is 1.71 bits per heavy atom. The van der Waals surface area contributed by atoms with Gasteiger partial charge in [0.1, 0.15) is 6.10 Å². The minimum Gasteiger partial charge on any atom is -0.380 e. The fourth-order valence-electron chi connectivity index (χ4n) is 1.64. The normalized spacial score (nSPS) is 12.4. The second-order valence-corrected chi connectivity index (χ2v) is 4.55. The molecule has 1 nitrogen and oxygen atoms in total. The lowest BCUT2D eigenvalue weighted by molar-refractivity contribution is 0.217. The molecule has 1 unspecified atom stereocenters. The number of rotatable bonds is 9. The number of allylic oxidation sites excluding steroid dienone is 2. The molecule has 0 fully saturated rings. The molecule has 0 saturated heterocycles. The highest BCUT2D eigenvalue weighted by Gasteiger charge is 1.96. The highest BCUT2D eigenvalue weighted by atomic mass is 16.3. The molecular weight excluding hydrogens is 208 g/mol. The first kappa shape index (κ1) is 16.3. The average molecular weight is 236 g/mol. The van der Waals surface area contributed by atoms with Gasteiger partial charge in [0.2, 0.25) is 0 Å². The van der Waals surface area contributed by atoms with Gasteiger partial charge in [0, 0.05) is 0 Å². The zero-order chi connectivity index (χ0) is 12.8. The van der Waals surface area contributed by atoms with Gasteiger partial charge < -0.3 is 5.11 Å². The van der Waals surface area contributed by atoms with Gasteiger partial charge in [-0.2, -0.15) is 0 Å². The van der Waals surface area contributed by atoms with E-state index in [4.69, 9.17) is 0 Å². The fourth-order valence-corrected chi connectivity index (χ4v) is 1.64. The van der Waals surface area contributed by atoms with Gasteiger partial charge >= 0.3 is 0 Å². The Bertz CT molecular complexity index is 232. The van der Waals surface area contributed by atoms with E-state index in [1.54, 1.807) is 0 Å². The first-order valence-electron chi connectivity index (χ1n) is 7.15. The van der Waals surface area contributed by atoms with Crippen LogP contribution in [0, 0.1) is 11.8 Å². The van der Waals surface area contributed by atoms with Crippen molar-refractivity contribution in [3.63, 3.8) is 0 Å². The Labute approximate surface area is 107 Å². The second-order valence-electron chi connectivity index (χ2n) is 4.55. The Morgan fingerprint density at radius 3 is 2.41 bits per heavy atom. The predicted octanol–water partition coefficient (Wildman–Crippen LogP) is 4.46. The third-order valence-corrected chi connectivity index (χ3v) is 2.76. The lowest BCUT2D eigenvalue weighted by Gasteiger charge is -2.00.